The van der Waals surface area contributed by atoms with E-state index in [1.807, 2.05) is 6.92 Å². The Morgan fingerprint density at radius 1 is 1.37 bits per heavy atom. The average molecular weight is 272 g/mol. The van der Waals surface area contributed by atoms with Gasteiger partial charge in [-0.05, 0) is 19.3 Å². The third-order valence-electron chi connectivity index (χ3n) is 3.29. The number of urea groups is 1. The average Bonchev–Trinajstić information content (AvgIpc) is 2.86. The zero-order valence-electron chi connectivity index (χ0n) is 11.5. The summed E-state index contributed by atoms with van der Waals surface area (Å²) in [4.78, 5) is 22.1. The maximum atomic E-state index is 11.5. The predicted octanol–water partition coefficient (Wildman–Crippen LogP) is 1.50. The number of aliphatic carboxylic acids is 1. The van der Waals surface area contributed by atoms with Crippen LogP contribution in [0.25, 0.3) is 0 Å². The molecule has 0 bridgehead atoms. The van der Waals surface area contributed by atoms with Crippen molar-refractivity contribution in [2.45, 2.75) is 57.6 Å². The molecule has 1 atom stereocenters. The van der Waals surface area contributed by atoms with Gasteiger partial charge in [0.15, 0.2) is 0 Å². The van der Waals surface area contributed by atoms with Gasteiger partial charge in [0.05, 0.1) is 19.1 Å². The zero-order chi connectivity index (χ0) is 14.1. The Balaban J connectivity index is 2.07. The molecule has 1 saturated carbocycles. The fourth-order valence-electron chi connectivity index (χ4n) is 2.19. The molecule has 6 nitrogen and oxygen atoms in total. The molecule has 1 unspecified atom stereocenters. The van der Waals surface area contributed by atoms with Crippen molar-refractivity contribution in [2.75, 3.05) is 13.2 Å². The molecule has 0 aromatic rings. The van der Waals surface area contributed by atoms with E-state index >= 15 is 0 Å². The highest BCUT2D eigenvalue weighted by atomic mass is 16.5. The number of carbonyl (C=O) groups excluding carboxylic acids is 1. The van der Waals surface area contributed by atoms with Gasteiger partial charge < -0.3 is 20.5 Å². The van der Waals surface area contributed by atoms with E-state index in [1.54, 1.807) is 0 Å². The van der Waals surface area contributed by atoms with Gasteiger partial charge in [-0.1, -0.05) is 19.8 Å². The summed E-state index contributed by atoms with van der Waals surface area (Å²) in [6, 6.07) is -0.656. The van der Waals surface area contributed by atoms with Crippen LogP contribution in [0.15, 0.2) is 0 Å². The molecular weight excluding hydrogens is 248 g/mol. The standard InChI is InChI=1S/C13H24N2O4/c1-2-10(9-12(16)17)15-13(18)14-7-8-19-11-5-3-4-6-11/h10-11H,2-9H2,1H3,(H,16,17)(H2,14,15,18). The number of amides is 2. The molecule has 0 aromatic heterocycles. The number of nitrogens with one attached hydrogen (secondary N) is 2. The lowest BCUT2D eigenvalue weighted by Crippen LogP contribution is -2.43. The second-order valence-corrected chi connectivity index (χ2v) is 4.88. The topological polar surface area (TPSA) is 87.7 Å². The van der Waals surface area contributed by atoms with Crippen LogP contribution in [0.1, 0.15) is 45.4 Å². The summed E-state index contributed by atoms with van der Waals surface area (Å²) in [5.74, 6) is -0.906. The molecule has 2 amide bonds. The predicted molar refractivity (Wildman–Crippen MR) is 71.1 cm³/mol. The van der Waals surface area contributed by atoms with Crippen LogP contribution in [0, 0.1) is 0 Å². The van der Waals surface area contributed by atoms with Crippen LogP contribution >= 0.6 is 0 Å². The van der Waals surface area contributed by atoms with Gasteiger partial charge in [-0.25, -0.2) is 4.79 Å². The molecule has 0 aliphatic heterocycles. The van der Waals surface area contributed by atoms with E-state index in [-0.39, 0.29) is 18.5 Å². The summed E-state index contributed by atoms with van der Waals surface area (Å²) in [7, 11) is 0. The van der Waals surface area contributed by atoms with Crippen molar-refractivity contribution in [3.8, 4) is 0 Å². The normalized spacial score (nSPS) is 17.1. The van der Waals surface area contributed by atoms with Crippen LogP contribution in [-0.4, -0.2) is 42.4 Å². The molecule has 1 rings (SSSR count). The number of hydrogen-bond donors (Lipinski definition) is 3. The van der Waals surface area contributed by atoms with Crippen molar-refractivity contribution in [2.24, 2.45) is 0 Å². The van der Waals surface area contributed by atoms with Gasteiger partial charge in [-0.2, -0.15) is 0 Å². The SMILES string of the molecule is CCC(CC(=O)O)NC(=O)NCCOC1CCCC1. The minimum Gasteiger partial charge on any atom is -0.481 e. The Labute approximate surface area is 113 Å². The van der Waals surface area contributed by atoms with Gasteiger partial charge in [0, 0.05) is 12.6 Å². The Bertz CT molecular complexity index is 290. The van der Waals surface area contributed by atoms with Crippen molar-refractivity contribution in [3.05, 3.63) is 0 Å². The summed E-state index contributed by atoms with van der Waals surface area (Å²) >= 11 is 0. The summed E-state index contributed by atoms with van der Waals surface area (Å²) in [5.41, 5.74) is 0. The Kier molecular flexibility index (Phi) is 7.25. The summed E-state index contributed by atoms with van der Waals surface area (Å²) in [6.45, 7) is 2.80. The smallest absolute Gasteiger partial charge is 0.315 e. The molecule has 0 aromatic carbocycles. The molecule has 19 heavy (non-hydrogen) atoms. The van der Waals surface area contributed by atoms with Crippen molar-refractivity contribution in [1.82, 2.24) is 10.6 Å². The van der Waals surface area contributed by atoms with Gasteiger partial charge in [-0.15, -0.1) is 0 Å². The first-order valence-electron chi connectivity index (χ1n) is 6.99. The molecule has 110 valence electrons. The first-order chi connectivity index (χ1) is 9.11. The Morgan fingerprint density at radius 3 is 2.63 bits per heavy atom. The van der Waals surface area contributed by atoms with E-state index in [9.17, 15) is 9.59 Å². The van der Waals surface area contributed by atoms with E-state index in [0.717, 1.165) is 12.8 Å². The fraction of sp³-hybridized carbons (Fsp3) is 0.846. The number of carbonyl (C=O) groups is 2. The van der Waals surface area contributed by atoms with Gasteiger partial charge >= 0.3 is 12.0 Å². The van der Waals surface area contributed by atoms with Crippen LogP contribution < -0.4 is 10.6 Å². The summed E-state index contributed by atoms with van der Waals surface area (Å²) in [6.07, 6.45) is 5.57. The quantitative estimate of drug-likeness (QED) is 0.584. The number of carboxylic acids is 1. The minimum atomic E-state index is -0.906. The summed E-state index contributed by atoms with van der Waals surface area (Å²) < 4.78 is 5.61. The Morgan fingerprint density at radius 2 is 2.05 bits per heavy atom. The van der Waals surface area contributed by atoms with Crippen molar-refractivity contribution >= 4 is 12.0 Å². The van der Waals surface area contributed by atoms with Gasteiger partial charge in [0.25, 0.3) is 0 Å². The van der Waals surface area contributed by atoms with Gasteiger partial charge in [0.2, 0.25) is 0 Å². The molecule has 1 fully saturated rings. The van der Waals surface area contributed by atoms with Crippen molar-refractivity contribution < 1.29 is 19.4 Å². The first-order valence-corrected chi connectivity index (χ1v) is 6.99. The lowest BCUT2D eigenvalue weighted by molar-refractivity contribution is -0.137. The second-order valence-electron chi connectivity index (χ2n) is 4.88. The minimum absolute atomic E-state index is 0.0531. The molecule has 1 aliphatic rings. The van der Waals surface area contributed by atoms with Crippen LogP contribution in [-0.2, 0) is 9.53 Å². The largest absolute Gasteiger partial charge is 0.481 e. The first kappa shape index (κ1) is 15.8. The fourth-order valence-corrected chi connectivity index (χ4v) is 2.19. The number of carboxylic acid groups (broad SMARTS) is 1. The van der Waals surface area contributed by atoms with Gasteiger partial charge in [-0.3, -0.25) is 4.79 Å². The van der Waals surface area contributed by atoms with Crippen molar-refractivity contribution in [1.29, 1.82) is 0 Å². The van der Waals surface area contributed by atoms with Gasteiger partial charge in [0.1, 0.15) is 0 Å². The number of rotatable bonds is 8. The van der Waals surface area contributed by atoms with Crippen LogP contribution in [0.4, 0.5) is 4.79 Å². The van der Waals surface area contributed by atoms with Crippen LogP contribution in [0.5, 0.6) is 0 Å². The highest BCUT2D eigenvalue weighted by molar-refractivity contribution is 5.75. The molecule has 0 spiro atoms. The highest BCUT2D eigenvalue weighted by Gasteiger charge is 2.16. The maximum absolute atomic E-state index is 11.5. The zero-order valence-corrected chi connectivity index (χ0v) is 11.5. The van der Waals surface area contributed by atoms with E-state index in [2.05, 4.69) is 10.6 Å². The molecule has 0 heterocycles. The van der Waals surface area contributed by atoms with E-state index in [0.29, 0.717) is 25.7 Å². The monoisotopic (exact) mass is 272 g/mol. The molecule has 0 saturated heterocycles. The van der Waals surface area contributed by atoms with Crippen molar-refractivity contribution in [3.63, 3.8) is 0 Å². The third kappa shape index (κ3) is 7.00. The second kappa shape index (κ2) is 8.74. The number of ether oxygens (including phenoxy) is 1. The highest BCUT2D eigenvalue weighted by Crippen LogP contribution is 2.20. The number of hydrogen-bond acceptors (Lipinski definition) is 3. The molecule has 6 heteroatoms. The third-order valence-corrected chi connectivity index (χ3v) is 3.29. The van der Waals surface area contributed by atoms with E-state index in [1.165, 1.54) is 12.8 Å². The van der Waals surface area contributed by atoms with Crippen LogP contribution in [0.2, 0.25) is 0 Å². The summed E-state index contributed by atoms with van der Waals surface area (Å²) in [5, 5.41) is 14.0. The molecule has 1 aliphatic carbocycles. The molecule has 0 radical (unpaired) electrons. The maximum Gasteiger partial charge on any atom is 0.315 e. The molecular formula is C13H24N2O4. The van der Waals surface area contributed by atoms with E-state index in [4.69, 9.17) is 9.84 Å². The molecule has 3 N–H and O–H groups in total. The lowest BCUT2D eigenvalue weighted by atomic mass is 10.1. The lowest BCUT2D eigenvalue weighted by Gasteiger charge is -2.16. The Hall–Kier alpha value is -1.30. The van der Waals surface area contributed by atoms with Crippen LogP contribution in [0.3, 0.4) is 0 Å². The van der Waals surface area contributed by atoms with E-state index < -0.39 is 5.97 Å².